The van der Waals surface area contributed by atoms with Gasteiger partial charge in [0, 0.05) is 29.9 Å². The van der Waals surface area contributed by atoms with Gasteiger partial charge in [0.1, 0.15) is 18.1 Å². The van der Waals surface area contributed by atoms with Gasteiger partial charge in [-0.05, 0) is 29.9 Å². The molecule has 0 aliphatic rings. The van der Waals surface area contributed by atoms with Gasteiger partial charge in [-0.3, -0.25) is 19.2 Å². The second-order valence-electron chi connectivity index (χ2n) is 10.2. The summed E-state index contributed by atoms with van der Waals surface area (Å²) in [7, 11) is 0. The lowest BCUT2D eigenvalue weighted by atomic mass is 9.95. The van der Waals surface area contributed by atoms with Crippen molar-refractivity contribution in [1.82, 2.24) is 20.9 Å². The highest BCUT2D eigenvalue weighted by atomic mass is 16.4. The summed E-state index contributed by atoms with van der Waals surface area (Å²) >= 11 is 0. The zero-order valence-electron chi connectivity index (χ0n) is 22.8. The fourth-order valence-corrected chi connectivity index (χ4v) is 4.06. The van der Waals surface area contributed by atoms with Crippen molar-refractivity contribution in [1.29, 1.82) is 0 Å². The third-order valence-corrected chi connectivity index (χ3v) is 6.84. The molecule has 1 aromatic heterocycles. The van der Waals surface area contributed by atoms with Gasteiger partial charge in [0.25, 0.3) is 0 Å². The number of benzene rings is 1. The minimum absolute atomic E-state index is 0.0381. The normalized spacial score (nSPS) is 15.1. The monoisotopic (exact) mass is 544 g/mol. The molecule has 0 bridgehead atoms. The van der Waals surface area contributed by atoms with E-state index in [1.807, 2.05) is 31.2 Å². The Balaban J connectivity index is 2.35. The number of rotatable bonds is 15. The molecule has 12 nitrogen and oxygen atoms in total. The van der Waals surface area contributed by atoms with Crippen molar-refractivity contribution in [3.8, 4) is 0 Å². The van der Waals surface area contributed by atoms with Gasteiger partial charge in [-0.25, -0.2) is 4.79 Å². The lowest BCUT2D eigenvalue weighted by Crippen LogP contribution is -2.59. The Bertz CT molecular complexity index is 1180. The second kappa shape index (κ2) is 14.3. The fraction of sp³-hybridized carbons (Fsp3) is 0.519. The number of carbonyl (C=O) groups is 5. The molecule has 9 N–H and O–H groups in total. The van der Waals surface area contributed by atoms with Gasteiger partial charge in [-0.2, -0.15) is 0 Å². The van der Waals surface area contributed by atoms with Gasteiger partial charge < -0.3 is 37.5 Å². The molecule has 1 aromatic carbocycles. The summed E-state index contributed by atoms with van der Waals surface area (Å²) in [5.74, 6) is -4.32. The maximum Gasteiger partial charge on any atom is 0.326 e. The molecular formula is C27H40N6O6. The van der Waals surface area contributed by atoms with Gasteiger partial charge in [0.2, 0.25) is 23.6 Å². The number of H-pyrrole nitrogens is 1. The molecular weight excluding hydrogens is 504 g/mol. The number of hydrogen-bond donors (Lipinski definition) is 7. The van der Waals surface area contributed by atoms with E-state index in [1.54, 1.807) is 27.0 Å². The van der Waals surface area contributed by atoms with E-state index in [2.05, 4.69) is 20.9 Å². The quantitative estimate of drug-likeness (QED) is 0.169. The first kappa shape index (κ1) is 31.3. The standard InChI is InChI=1S/C27H40N6O6/c1-5-15(4)23(33-25(36)22(29)14(2)3)26(37)32-20(12-16-13-30-18-9-7-6-8-17(16)18)24(35)31-19(27(38)39)10-11-21(28)34/h6-9,13-15,19-20,22-23,30H,5,10-12,29H2,1-4H3,(H2,28,34)(H,31,35)(H,32,37)(H,33,36)(H,38,39). The number of hydrogen-bond acceptors (Lipinski definition) is 6. The second-order valence-corrected chi connectivity index (χ2v) is 10.2. The van der Waals surface area contributed by atoms with Crippen molar-refractivity contribution in [2.24, 2.45) is 23.3 Å². The SMILES string of the molecule is CCC(C)C(NC(=O)C(N)C(C)C)C(=O)NC(Cc1c[nH]c2ccccc12)C(=O)NC(CCC(N)=O)C(=O)O. The minimum Gasteiger partial charge on any atom is -0.480 e. The number of fused-ring (bicyclic) bond motifs is 1. The fourth-order valence-electron chi connectivity index (χ4n) is 4.06. The van der Waals surface area contributed by atoms with Crippen LogP contribution in [-0.2, 0) is 30.4 Å². The largest absolute Gasteiger partial charge is 0.480 e. The van der Waals surface area contributed by atoms with E-state index in [9.17, 15) is 29.1 Å². The third-order valence-electron chi connectivity index (χ3n) is 6.84. The van der Waals surface area contributed by atoms with Crippen LogP contribution in [0, 0.1) is 11.8 Å². The first-order valence-corrected chi connectivity index (χ1v) is 13.1. The summed E-state index contributed by atoms with van der Waals surface area (Å²) in [6, 6.07) is 3.04. The predicted octanol–water partition coefficient (Wildman–Crippen LogP) is 0.544. The topological polar surface area (TPSA) is 209 Å². The van der Waals surface area contributed by atoms with E-state index >= 15 is 0 Å². The van der Waals surface area contributed by atoms with E-state index in [-0.39, 0.29) is 31.1 Å². The molecule has 0 radical (unpaired) electrons. The van der Waals surface area contributed by atoms with Crippen molar-refractivity contribution < 1.29 is 29.1 Å². The van der Waals surface area contributed by atoms with Crippen molar-refractivity contribution in [2.45, 2.75) is 77.5 Å². The number of carboxylic acids is 1. The Kier molecular flexibility index (Phi) is 11.5. The number of amides is 4. The summed E-state index contributed by atoms with van der Waals surface area (Å²) in [5, 5.41) is 18.2. The van der Waals surface area contributed by atoms with Crippen molar-refractivity contribution >= 4 is 40.5 Å². The van der Waals surface area contributed by atoms with E-state index in [0.717, 1.165) is 16.5 Å². The number of aromatic nitrogens is 1. The molecule has 39 heavy (non-hydrogen) atoms. The Morgan fingerprint density at radius 2 is 1.59 bits per heavy atom. The zero-order valence-corrected chi connectivity index (χ0v) is 22.8. The maximum atomic E-state index is 13.5. The van der Waals surface area contributed by atoms with Crippen LogP contribution in [0.4, 0.5) is 0 Å². The molecule has 0 aliphatic heterocycles. The third kappa shape index (κ3) is 8.81. The van der Waals surface area contributed by atoms with Crippen LogP contribution in [0.25, 0.3) is 10.9 Å². The summed E-state index contributed by atoms with van der Waals surface area (Å²) in [4.78, 5) is 65.6. The molecule has 0 spiro atoms. The summed E-state index contributed by atoms with van der Waals surface area (Å²) in [6.07, 6.45) is 1.87. The summed E-state index contributed by atoms with van der Waals surface area (Å²) < 4.78 is 0. The molecule has 5 atom stereocenters. The molecule has 2 rings (SSSR count). The van der Waals surface area contributed by atoms with Gasteiger partial charge in [-0.15, -0.1) is 0 Å². The number of nitrogens with two attached hydrogens (primary N) is 2. The lowest BCUT2D eigenvalue weighted by Gasteiger charge is -2.28. The Labute approximate surface area is 227 Å². The Hall–Kier alpha value is -3.93. The molecule has 214 valence electrons. The number of aromatic amines is 1. The highest BCUT2D eigenvalue weighted by Gasteiger charge is 2.33. The molecule has 12 heteroatoms. The molecule has 0 aliphatic carbocycles. The molecule has 0 saturated carbocycles. The van der Waals surface area contributed by atoms with Crippen LogP contribution in [0.3, 0.4) is 0 Å². The smallest absolute Gasteiger partial charge is 0.326 e. The van der Waals surface area contributed by atoms with Crippen LogP contribution in [-0.4, -0.2) is 63.9 Å². The molecule has 2 aromatic rings. The van der Waals surface area contributed by atoms with Gasteiger partial charge in [-0.1, -0.05) is 52.3 Å². The number of nitrogens with one attached hydrogen (secondary N) is 4. The van der Waals surface area contributed by atoms with Crippen LogP contribution in [0.1, 0.15) is 52.5 Å². The van der Waals surface area contributed by atoms with Crippen molar-refractivity contribution in [3.63, 3.8) is 0 Å². The number of para-hydroxylation sites is 1. The minimum atomic E-state index is -1.39. The summed E-state index contributed by atoms with van der Waals surface area (Å²) in [5.41, 5.74) is 12.7. The predicted molar refractivity (Wildman–Crippen MR) is 146 cm³/mol. The van der Waals surface area contributed by atoms with E-state index in [0.29, 0.717) is 6.42 Å². The molecule has 1 heterocycles. The highest BCUT2D eigenvalue weighted by Crippen LogP contribution is 2.20. The number of aliphatic carboxylic acids is 1. The molecule has 5 unspecified atom stereocenters. The Morgan fingerprint density at radius 1 is 0.949 bits per heavy atom. The van der Waals surface area contributed by atoms with Crippen LogP contribution >= 0.6 is 0 Å². The highest BCUT2D eigenvalue weighted by molar-refractivity contribution is 5.95. The average molecular weight is 545 g/mol. The maximum absolute atomic E-state index is 13.5. The zero-order chi connectivity index (χ0) is 29.3. The van der Waals surface area contributed by atoms with E-state index in [1.165, 1.54) is 0 Å². The van der Waals surface area contributed by atoms with Gasteiger partial charge in [0.05, 0.1) is 6.04 Å². The molecule has 0 fully saturated rings. The van der Waals surface area contributed by atoms with Crippen molar-refractivity contribution in [2.75, 3.05) is 0 Å². The number of carboxylic acid groups (broad SMARTS) is 1. The van der Waals surface area contributed by atoms with Crippen LogP contribution in [0.5, 0.6) is 0 Å². The van der Waals surface area contributed by atoms with Crippen LogP contribution < -0.4 is 27.4 Å². The Morgan fingerprint density at radius 3 is 2.18 bits per heavy atom. The first-order chi connectivity index (χ1) is 18.3. The number of primary amides is 1. The molecule has 0 saturated heterocycles. The lowest BCUT2D eigenvalue weighted by molar-refractivity contribution is -0.142. The van der Waals surface area contributed by atoms with Gasteiger partial charge >= 0.3 is 5.97 Å². The average Bonchev–Trinajstić information content (AvgIpc) is 3.30. The van der Waals surface area contributed by atoms with Gasteiger partial charge in [0.15, 0.2) is 0 Å². The first-order valence-electron chi connectivity index (χ1n) is 13.1. The van der Waals surface area contributed by atoms with E-state index < -0.39 is 53.8 Å². The van der Waals surface area contributed by atoms with Crippen molar-refractivity contribution in [3.05, 3.63) is 36.0 Å². The van der Waals surface area contributed by atoms with E-state index in [4.69, 9.17) is 11.5 Å². The summed E-state index contributed by atoms with van der Waals surface area (Å²) in [6.45, 7) is 7.25. The number of carbonyl (C=O) groups excluding carboxylic acids is 4. The molecule has 4 amide bonds. The van der Waals surface area contributed by atoms with Crippen LogP contribution in [0.2, 0.25) is 0 Å². The van der Waals surface area contributed by atoms with Crippen LogP contribution in [0.15, 0.2) is 30.5 Å².